The van der Waals surface area contributed by atoms with Crippen LogP contribution in [0.25, 0.3) is 0 Å². The number of unbranched alkanes of at least 4 members (excludes halogenated alkanes) is 14. The second-order valence-corrected chi connectivity index (χ2v) is 16.0. The molecule has 0 saturated heterocycles. The Morgan fingerprint density at radius 3 is 1.52 bits per heavy atom. The average molecular weight is 486 g/mol. The number of allylic oxidation sites excluding steroid dienone is 2. The van der Waals surface area contributed by atoms with E-state index in [-0.39, 0.29) is 6.29 Å². The lowest BCUT2D eigenvalue weighted by Gasteiger charge is -2.19. The molecule has 0 bridgehead atoms. The third-order valence-electron chi connectivity index (χ3n) is 6.28. The molecule has 3 heteroatoms. The third kappa shape index (κ3) is 28.2. The van der Waals surface area contributed by atoms with Gasteiger partial charge in [0.2, 0.25) is 0 Å². The van der Waals surface area contributed by atoms with E-state index in [4.69, 9.17) is 9.47 Å². The lowest BCUT2D eigenvalue weighted by molar-refractivity contribution is -0.148. The smallest absolute Gasteiger partial charge is 0.157 e. The zero-order valence-electron chi connectivity index (χ0n) is 23.6. The molecule has 2 nitrogen and oxygen atoms in total. The van der Waals surface area contributed by atoms with Gasteiger partial charge in [-0.25, -0.2) is 0 Å². The van der Waals surface area contributed by atoms with Gasteiger partial charge in [-0.15, -0.1) is 0 Å². The molecule has 0 aromatic carbocycles. The number of hydrogen-bond donors (Lipinski definition) is 0. The maximum absolute atomic E-state index is 6.16. The van der Waals surface area contributed by atoms with Crippen LogP contribution < -0.4 is 0 Å². The summed E-state index contributed by atoms with van der Waals surface area (Å²) in [6, 6.07) is 0. The van der Waals surface area contributed by atoms with Crippen molar-refractivity contribution in [1.29, 1.82) is 0 Å². The standard InChI is InChI=1S/C30H62O2P/c1-6-8-10-12-19-23-27-31-30(32-28-24-20-13-11-9-7-2)26-22-18-16-14-15-17-21-25-29-33(3,4)5/h15,17,30H,6-14,16,18-29H2,1-5H3/q+1/b17-15-. The Hall–Kier alpha value is 0.0900. The monoisotopic (exact) mass is 485 g/mol. The van der Waals surface area contributed by atoms with Crippen molar-refractivity contribution in [3.05, 3.63) is 12.2 Å². The van der Waals surface area contributed by atoms with Gasteiger partial charge < -0.3 is 9.47 Å². The Kier molecular flexibility index (Phi) is 25.3. The van der Waals surface area contributed by atoms with Crippen LogP contribution in [0.2, 0.25) is 0 Å². The highest BCUT2D eigenvalue weighted by Crippen LogP contribution is 2.47. The first kappa shape index (κ1) is 33.1. The van der Waals surface area contributed by atoms with Gasteiger partial charge in [-0.2, -0.15) is 0 Å². The quantitative estimate of drug-likeness (QED) is 0.0525. The molecular weight excluding hydrogens is 423 g/mol. The van der Waals surface area contributed by atoms with E-state index in [0.717, 1.165) is 19.6 Å². The maximum Gasteiger partial charge on any atom is 0.157 e. The molecule has 0 aromatic heterocycles. The summed E-state index contributed by atoms with van der Waals surface area (Å²) >= 11 is 0. The minimum absolute atomic E-state index is 0.0209. The molecule has 0 N–H and O–H groups in total. The van der Waals surface area contributed by atoms with Crippen molar-refractivity contribution >= 4 is 7.26 Å². The first-order valence-electron chi connectivity index (χ1n) is 14.7. The van der Waals surface area contributed by atoms with Crippen molar-refractivity contribution in [2.24, 2.45) is 0 Å². The van der Waals surface area contributed by atoms with Crippen LogP contribution in [0, 0.1) is 0 Å². The van der Waals surface area contributed by atoms with Crippen molar-refractivity contribution in [2.75, 3.05) is 39.4 Å². The second kappa shape index (κ2) is 25.2. The van der Waals surface area contributed by atoms with E-state index < -0.39 is 7.26 Å². The SMILES string of the molecule is CCCCCCCCOC(CCCCC/C=C\CCC[P+](C)(C)C)OCCCCCCCC. The fraction of sp³-hybridized carbons (Fsp3) is 0.933. The number of ether oxygens (including phenoxy) is 2. The maximum atomic E-state index is 6.16. The molecule has 0 amide bonds. The highest BCUT2D eigenvalue weighted by atomic mass is 31.2. The molecule has 0 saturated carbocycles. The molecular formula is C30H62O2P+. The van der Waals surface area contributed by atoms with E-state index in [2.05, 4.69) is 46.0 Å². The van der Waals surface area contributed by atoms with Crippen molar-refractivity contribution < 1.29 is 9.47 Å². The van der Waals surface area contributed by atoms with Gasteiger partial charge in [-0.3, -0.25) is 0 Å². The van der Waals surface area contributed by atoms with E-state index in [1.165, 1.54) is 122 Å². The molecule has 198 valence electrons. The van der Waals surface area contributed by atoms with Gasteiger partial charge in [0.25, 0.3) is 0 Å². The molecule has 0 aliphatic carbocycles. The van der Waals surface area contributed by atoms with E-state index >= 15 is 0 Å². The van der Waals surface area contributed by atoms with Crippen LogP contribution in [0.4, 0.5) is 0 Å². The molecule has 0 heterocycles. The molecule has 0 unspecified atom stereocenters. The predicted octanol–water partition coefficient (Wildman–Crippen LogP) is 10.3. The van der Waals surface area contributed by atoms with Gasteiger partial charge in [0.15, 0.2) is 6.29 Å². The zero-order chi connectivity index (χ0) is 24.5. The van der Waals surface area contributed by atoms with Gasteiger partial charge in [-0.05, 0) is 51.4 Å². The molecule has 0 aromatic rings. The van der Waals surface area contributed by atoms with Crippen LogP contribution in [0.15, 0.2) is 12.2 Å². The minimum atomic E-state index is -0.588. The molecule has 33 heavy (non-hydrogen) atoms. The lowest BCUT2D eigenvalue weighted by atomic mass is 10.1. The predicted molar refractivity (Wildman–Crippen MR) is 153 cm³/mol. The Morgan fingerprint density at radius 2 is 1.00 bits per heavy atom. The molecule has 0 spiro atoms. The van der Waals surface area contributed by atoms with Crippen molar-refractivity contribution in [3.8, 4) is 0 Å². The van der Waals surface area contributed by atoms with Crippen LogP contribution in [0.3, 0.4) is 0 Å². The first-order chi connectivity index (χ1) is 16.0. The Labute approximate surface area is 210 Å². The highest BCUT2D eigenvalue weighted by Gasteiger charge is 2.14. The summed E-state index contributed by atoms with van der Waals surface area (Å²) in [5, 5.41) is 0. The topological polar surface area (TPSA) is 18.5 Å². The fourth-order valence-electron chi connectivity index (χ4n) is 4.08. The third-order valence-corrected chi connectivity index (χ3v) is 7.94. The van der Waals surface area contributed by atoms with E-state index in [0.29, 0.717) is 0 Å². The summed E-state index contributed by atoms with van der Waals surface area (Å²) in [6.45, 7) is 13.6. The second-order valence-electron chi connectivity index (χ2n) is 11.0. The zero-order valence-corrected chi connectivity index (χ0v) is 24.4. The van der Waals surface area contributed by atoms with Crippen molar-refractivity contribution in [3.63, 3.8) is 0 Å². The van der Waals surface area contributed by atoms with Crippen LogP contribution >= 0.6 is 7.26 Å². The normalized spacial score (nSPS) is 12.4. The summed E-state index contributed by atoms with van der Waals surface area (Å²) in [6.07, 6.45) is 30.8. The summed E-state index contributed by atoms with van der Waals surface area (Å²) in [5.74, 6) is 0. The van der Waals surface area contributed by atoms with Gasteiger partial charge >= 0.3 is 0 Å². The molecule has 0 aliphatic rings. The van der Waals surface area contributed by atoms with Gasteiger partial charge in [-0.1, -0.05) is 96.6 Å². The largest absolute Gasteiger partial charge is 0.353 e. The van der Waals surface area contributed by atoms with Crippen LogP contribution in [-0.4, -0.2) is 45.7 Å². The van der Waals surface area contributed by atoms with Gasteiger partial charge in [0.05, 0.1) is 6.16 Å². The van der Waals surface area contributed by atoms with Crippen LogP contribution in [0.1, 0.15) is 136 Å². The van der Waals surface area contributed by atoms with Crippen molar-refractivity contribution in [1.82, 2.24) is 0 Å². The Morgan fingerprint density at radius 1 is 0.545 bits per heavy atom. The van der Waals surface area contributed by atoms with E-state index in [9.17, 15) is 0 Å². The lowest BCUT2D eigenvalue weighted by Crippen LogP contribution is -2.19. The fourth-order valence-corrected chi connectivity index (χ4v) is 5.21. The van der Waals surface area contributed by atoms with Gasteiger partial charge in [0.1, 0.15) is 0 Å². The summed E-state index contributed by atoms with van der Waals surface area (Å²) in [7, 11) is -0.588. The van der Waals surface area contributed by atoms with E-state index in [1.807, 2.05) is 0 Å². The highest BCUT2D eigenvalue weighted by molar-refractivity contribution is 7.73. The summed E-state index contributed by atoms with van der Waals surface area (Å²) < 4.78 is 12.3. The molecule has 0 atom stereocenters. The van der Waals surface area contributed by atoms with E-state index in [1.54, 1.807) is 0 Å². The van der Waals surface area contributed by atoms with Crippen LogP contribution in [-0.2, 0) is 9.47 Å². The Bertz CT molecular complexity index is 385. The Balaban J connectivity index is 3.91. The van der Waals surface area contributed by atoms with Crippen LogP contribution in [0.5, 0.6) is 0 Å². The molecule has 0 rings (SSSR count). The average Bonchev–Trinajstić information content (AvgIpc) is 2.77. The summed E-state index contributed by atoms with van der Waals surface area (Å²) in [4.78, 5) is 0. The number of rotatable bonds is 26. The number of hydrogen-bond acceptors (Lipinski definition) is 2. The molecule has 0 aliphatic heterocycles. The summed E-state index contributed by atoms with van der Waals surface area (Å²) in [5.41, 5.74) is 0. The molecule has 0 radical (unpaired) electrons. The minimum Gasteiger partial charge on any atom is -0.353 e. The van der Waals surface area contributed by atoms with Gasteiger partial charge in [0, 0.05) is 40.5 Å². The first-order valence-corrected chi connectivity index (χ1v) is 18.0. The van der Waals surface area contributed by atoms with Crippen molar-refractivity contribution in [2.45, 2.75) is 142 Å². The molecule has 0 fully saturated rings.